The Hall–Kier alpha value is -4.14. The van der Waals surface area contributed by atoms with Crippen molar-refractivity contribution >= 4 is 34.4 Å². The molecule has 0 fully saturated rings. The Balaban J connectivity index is 1.76. The van der Waals surface area contributed by atoms with Gasteiger partial charge in [-0.3, -0.25) is 4.79 Å². The van der Waals surface area contributed by atoms with Crippen molar-refractivity contribution in [2.45, 2.75) is 13.8 Å². The number of carbonyl (C=O) groups excluding carboxylic acids is 1. The molecule has 0 aliphatic heterocycles. The summed E-state index contributed by atoms with van der Waals surface area (Å²) in [5.41, 5.74) is 3.61. The number of nitrogens with zero attached hydrogens (tertiary/aromatic N) is 4. The summed E-state index contributed by atoms with van der Waals surface area (Å²) in [5.74, 6) is 0.698. The number of pyridine rings is 3. The Morgan fingerprint density at radius 2 is 1.90 bits per heavy atom. The summed E-state index contributed by atoms with van der Waals surface area (Å²) < 4.78 is 29.5. The van der Waals surface area contributed by atoms with Gasteiger partial charge in [-0.2, -0.15) is 5.10 Å². The second kappa shape index (κ2) is 8.31. The summed E-state index contributed by atoms with van der Waals surface area (Å²) in [7, 11) is 1.54. The van der Waals surface area contributed by atoms with Gasteiger partial charge in [-0.1, -0.05) is 6.07 Å². The lowest BCUT2D eigenvalue weighted by Crippen LogP contribution is -2.19. The minimum Gasteiger partial charge on any atom is -0.492 e. The lowest BCUT2D eigenvalue weighted by molar-refractivity contribution is 0.0963. The normalized spacial score (nSPS) is 12.5. The molecule has 0 saturated heterocycles. The molecular weight excluding hydrogens is 394 g/mol. The number of nitrogens with one attached hydrogen (secondary N) is 3. The van der Waals surface area contributed by atoms with E-state index in [1.165, 1.54) is 13.3 Å². The van der Waals surface area contributed by atoms with Gasteiger partial charge in [0.2, 0.25) is 0 Å². The maximum atomic E-state index is 12.7. The first-order valence-electron chi connectivity index (χ1n) is 10.9. The SMILES string of the molecule is [2H]C([2H])([2H])NC(=O)c1cnc(Nc2ccc(C)cn2)cc1Nc1ccn2ncc(C)c2c1OC. The molecule has 0 aliphatic rings. The van der Waals surface area contributed by atoms with Crippen LogP contribution in [0.15, 0.2) is 49.1 Å². The molecule has 4 aromatic rings. The quantitative estimate of drug-likeness (QED) is 0.438. The summed E-state index contributed by atoms with van der Waals surface area (Å²) in [5, 5.41) is 12.6. The molecule has 4 aromatic heterocycles. The topological polar surface area (TPSA) is 105 Å². The number of aryl methyl sites for hydroxylation is 2. The Bertz CT molecular complexity index is 1350. The second-order valence-electron chi connectivity index (χ2n) is 6.92. The third kappa shape index (κ3) is 3.97. The van der Waals surface area contributed by atoms with Crippen LogP contribution in [0.2, 0.25) is 0 Å². The first kappa shape index (κ1) is 16.6. The van der Waals surface area contributed by atoms with Crippen molar-refractivity contribution in [3.05, 3.63) is 65.7 Å². The molecule has 31 heavy (non-hydrogen) atoms. The number of hydrogen-bond acceptors (Lipinski definition) is 7. The van der Waals surface area contributed by atoms with E-state index in [1.54, 1.807) is 41.3 Å². The minimum absolute atomic E-state index is 0.0469. The van der Waals surface area contributed by atoms with Crippen LogP contribution < -0.4 is 20.7 Å². The monoisotopic (exact) mass is 420 g/mol. The molecule has 0 aromatic carbocycles. The van der Waals surface area contributed by atoms with Gasteiger partial charge in [-0.05, 0) is 37.1 Å². The van der Waals surface area contributed by atoms with E-state index in [2.05, 4.69) is 25.7 Å². The Morgan fingerprint density at radius 3 is 2.65 bits per heavy atom. The van der Waals surface area contributed by atoms with Crippen LogP contribution in [0.25, 0.3) is 5.52 Å². The van der Waals surface area contributed by atoms with Crippen molar-refractivity contribution in [1.82, 2.24) is 24.9 Å². The lowest BCUT2D eigenvalue weighted by atomic mass is 10.2. The largest absolute Gasteiger partial charge is 0.492 e. The van der Waals surface area contributed by atoms with Gasteiger partial charge in [0.05, 0.1) is 30.2 Å². The summed E-state index contributed by atoms with van der Waals surface area (Å²) in [6.07, 6.45) is 6.49. The second-order valence-corrected chi connectivity index (χ2v) is 6.92. The van der Waals surface area contributed by atoms with E-state index < -0.39 is 12.9 Å². The first-order chi connectivity index (χ1) is 16.1. The molecule has 9 nitrogen and oxygen atoms in total. The van der Waals surface area contributed by atoms with Gasteiger partial charge in [0.25, 0.3) is 5.91 Å². The van der Waals surface area contributed by atoms with Gasteiger partial charge in [0.1, 0.15) is 17.2 Å². The summed E-state index contributed by atoms with van der Waals surface area (Å²) in [6.45, 7) is 1.19. The fourth-order valence-corrected chi connectivity index (χ4v) is 3.19. The maximum absolute atomic E-state index is 12.7. The summed E-state index contributed by atoms with van der Waals surface area (Å²) in [4.78, 5) is 21.3. The summed E-state index contributed by atoms with van der Waals surface area (Å²) in [6, 6.07) is 7.06. The highest BCUT2D eigenvalue weighted by molar-refractivity contribution is 6.00. The highest BCUT2D eigenvalue weighted by Crippen LogP contribution is 2.35. The number of anilines is 4. The Morgan fingerprint density at radius 1 is 1.06 bits per heavy atom. The van der Waals surface area contributed by atoms with Crippen molar-refractivity contribution in [3.8, 4) is 5.75 Å². The van der Waals surface area contributed by atoms with Crippen molar-refractivity contribution < 1.29 is 13.6 Å². The van der Waals surface area contributed by atoms with Crippen molar-refractivity contribution in [2.75, 3.05) is 24.7 Å². The van der Waals surface area contributed by atoms with Crippen molar-refractivity contribution in [2.24, 2.45) is 0 Å². The van der Waals surface area contributed by atoms with Crippen LogP contribution in [0.1, 0.15) is 25.6 Å². The molecule has 0 aliphatic carbocycles. The maximum Gasteiger partial charge on any atom is 0.254 e. The number of rotatable bonds is 6. The number of hydrogen-bond donors (Lipinski definition) is 3. The van der Waals surface area contributed by atoms with Crippen molar-refractivity contribution in [3.63, 3.8) is 0 Å². The number of carbonyl (C=O) groups is 1. The predicted octanol–water partition coefficient (Wildman–Crippen LogP) is 3.60. The molecule has 3 N–H and O–H groups in total. The number of amides is 1. The molecule has 0 unspecified atom stereocenters. The molecule has 0 radical (unpaired) electrons. The van der Waals surface area contributed by atoms with Crippen LogP contribution in [0.4, 0.5) is 23.0 Å². The fourth-order valence-electron chi connectivity index (χ4n) is 3.19. The van der Waals surface area contributed by atoms with Gasteiger partial charge in [0, 0.05) is 35.7 Å². The molecular formula is C22H23N7O2. The van der Waals surface area contributed by atoms with Crippen molar-refractivity contribution in [1.29, 1.82) is 0 Å². The molecule has 158 valence electrons. The minimum atomic E-state index is -2.65. The molecule has 4 rings (SSSR count). The van der Waals surface area contributed by atoms with Gasteiger partial charge in [-0.25, -0.2) is 14.5 Å². The van der Waals surface area contributed by atoms with E-state index in [1.807, 2.05) is 25.2 Å². The van der Waals surface area contributed by atoms with E-state index in [-0.39, 0.29) is 5.56 Å². The molecule has 1 amide bonds. The summed E-state index contributed by atoms with van der Waals surface area (Å²) >= 11 is 0. The van der Waals surface area contributed by atoms with Crippen LogP contribution in [0.3, 0.4) is 0 Å². The zero-order valence-electron chi connectivity index (χ0n) is 20.2. The van der Waals surface area contributed by atoms with Crippen LogP contribution >= 0.6 is 0 Å². The third-order valence-electron chi connectivity index (χ3n) is 4.72. The number of fused-ring (bicyclic) bond motifs is 1. The molecule has 0 bridgehead atoms. The van der Waals surface area contributed by atoms with Gasteiger partial charge >= 0.3 is 0 Å². The van der Waals surface area contributed by atoms with E-state index in [0.29, 0.717) is 28.8 Å². The first-order valence-corrected chi connectivity index (χ1v) is 9.45. The molecule has 0 spiro atoms. The zero-order chi connectivity index (χ0) is 24.5. The standard InChI is InChI=1S/C22H23N7O2/c1-13-5-6-18(24-10-13)28-19-9-17(15(12-25-19)22(30)23-3)27-16-7-8-29-20(21(16)31-4)14(2)11-26-29/h5-12H,1-4H3,(H,23,30)(H2,24,25,27,28)/i3D3. The lowest BCUT2D eigenvalue weighted by Gasteiger charge is -2.16. The number of ether oxygens (including phenoxy) is 1. The van der Waals surface area contributed by atoms with Crippen LogP contribution in [0.5, 0.6) is 5.75 Å². The zero-order valence-corrected chi connectivity index (χ0v) is 17.2. The third-order valence-corrected chi connectivity index (χ3v) is 4.72. The Kier molecular flexibility index (Phi) is 4.46. The number of methoxy groups -OCH3 is 1. The molecule has 4 heterocycles. The van der Waals surface area contributed by atoms with E-state index in [9.17, 15) is 4.79 Å². The van der Waals surface area contributed by atoms with Gasteiger partial charge < -0.3 is 20.7 Å². The Labute approximate surface area is 183 Å². The van der Waals surface area contributed by atoms with E-state index >= 15 is 0 Å². The average Bonchev–Trinajstić information content (AvgIpc) is 3.15. The van der Waals surface area contributed by atoms with Crippen LogP contribution in [-0.4, -0.2) is 39.6 Å². The highest BCUT2D eigenvalue weighted by atomic mass is 16.5. The van der Waals surface area contributed by atoms with E-state index in [0.717, 1.165) is 16.6 Å². The smallest absolute Gasteiger partial charge is 0.254 e. The van der Waals surface area contributed by atoms with Crippen LogP contribution in [0, 0.1) is 13.8 Å². The molecule has 0 atom stereocenters. The highest BCUT2D eigenvalue weighted by Gasteiger charge is 2.17. The predicted molar refractivity (Wildman–Crippen MR) is 120 cm³/mol. The van der Waals surface area contributed by atoms with Gasteiger partial charge in [0.15, 0.2) is 5.75 Å². The molecule has 9 heteroatoms. The molecule has 0 saturated carbocycles. The van der Waals surface area contributed by atoms with Gasteiger partial charge in [-0.15, -0.1) is 0 Å². The number of aromatic nitrogens is 4. The average molecular weight is 420 g/mol. The fraction of sp³-hybridized carbons (Fsp3) is 0.182. The van der Waals surface area contributed by atoms with E-state index in [4.69, 9.17) is 8.85 Å². The van der Waals surface area contributed by atoms with Crippen LogP contribution in [-0.2, 0) is 0 Å².